The summed E-state index contributed by atoms with van der Waals surface area (Å²) in [7, 11) is 0. The number of carbonyl (C=O) groups is 1. The molecule has 138 valence electrons. The molecule has 4 rings (SSSR count). The van der Waals surface area contributed by atoms with Gasteiger partial charge in [0.05, 0.1) is 5.71 Å². The Morgan fingerprint density at radius 2 is 1.43 bits per heavy atom. The average Bonchev–Trinajstić information content (AvgIpc) is 2.75. The maximum absolute atomic E-state index is 12.1. The first-order chi connectivity index (χ1) is 13.7. The van der Waals surface area contributed by atoms with Gasteiger partial charge >= 0.3 is 0 Å². The number of ether oxygens (including phenoxy) is 1. The van der Waals surface area contributed by atoms with Gasteiger partial charge in [-0.05, 0) is 52.2 Å². The van der Waals surface area contributed by atoms with E-state index in [4.69, 9.17) is 4.74 Å². The third-order valence-electron chi connectivity index (χ3n) is 4.61. The van der Waals surface area contributed by atoms with Crippen molar-refractivity contribution in [2.45, 2.75) is 6.92 Å². The van der Waals surface area contributed by atoms with E-state index in [-0.39, 0.29) is 12.5 Å². The molecule has 4 nitrogen and oxygen atoms in total. The van der Waals surface area contributed by atoms with Gasteiger partial charge in [0, 0.05) is 0 Å². The zero-order valence-corrected chi connectivity index (χ0v) is 15.6. The summed E-state index contributed by atoms with van der Waals surface area (Å²) in [5, 5.41) is 8.72. The van der Waals surface area contributed by atoms with Crippen LogP contribution in [0.3, 0.4) is 0 Å². The molecule has 28 heavy (non-hydrogen) atoms. The first kappa shape index (κ1) is 17.7. The van der Waals surface area contributed by atoms with Crippen molar-refractivity contribution < 1.29 is 9.53 Å². The van der Waals surface area contributed by atoms with Gasteiger partial charge in [-0.3, -0.25) is 4.79 Å². The van der Waals surface area contributed by atoms with E-state index >= 15 is 0 Å². The normalized spacial score (nSPS) is 11.5. The van der Waals surface area contributed by atoms with Crippen LogP contribution in [0.4, 0.5) is 0 Å². The lowest BCUT2D eigenvalue weighted by molar-refractivity contribution is -0.123. The third-order valence-corrected chi connectivity index (χ3v) is 4.61. The molecule has 0 spiro atoms. The van der Waals surface area contributed by atoms with Crippen LogP contribution >= 0.6 is 0 Å². The summed E-state index contributed by atoms with van der Waals surface area (Å²) in [6, 6.07) is 28.0. The van der Waals surface area contributed by atoms with Gasteiger partial charge in [-0.15, -0.1) is 0 Å². The first-order valence-electron chi connectivity index (χ1n) is 9.13. The second-order valence-corrected chi connectivity index (χ2v) is 6.59. The third kappa shape index (κ3) is 4.01. The molecule has 0 bridgehead atoms. The number of nitrogens with zero attached hydrogens (tertiary/aromatic N) is 1. The van der Waals surface area contributed by atoms with Gasteiger partial charge in [-0.1, -0.05) is 66.7 Å². The van der Waals surface area contributed by atoms with E-state index < -0.39 is 0 Å². The van der Waals surface area contributed by atoms with Crippen LogP contribution in [0.1, 0.15) is 12.5 Å². The Morgan fingerprint density at radius 1 is 0.821 bits per heavy atom. The van der Waals surface area contributed by atoms with Crippen molar-refractivity contribution in [3.05, 3.63) is 90.5 Å². The molecular formula is C24H20N2O2. The number of hydrazone groups is 1. The van der Waals surface area contributed by atoms with Crippen molar-refractivity contribution in [3.8, 4) is 5.75 Å². The van der Waals surface area contributed by atoms with Crippen molar-refractivity contribution in [2.24, 2.45) is 5.10 Å². The van der Waals surface area contributed by atoms with E-state index in [9.17, 15) is 4.79 Å². The van der Waals surface area contributed by atoms with E-state index in [1.807, 2.05) is 73.7 Å². The number of carbonyl (C=O) groups excluding carboxylic acids is 1. The van der Waals surface area contributed by atoms with Crippen molar-refractivity contribution >= 4 is 33.2 Å². The maximum atomic E-state index is 12.1. The van der Waals surface area contributed by atoms with E-state index in [0.717, 1.165) is 27.4 Å². The van der Waals surface area contributed by atoms with Gasteiger partial charge in [0.15, 0.2) is 6.61 Å². The standard InChI is InChI=1S/C24H20N2O2/c1-17(20-11-10-18-6-2-4-8-21(18)14-20)25-26-24(27)16-28-23-13-12-19-7-3-5-9-22(19)15-23/h2-15H,16H2,1H3,(H,26,27)/b25-17+. The van der Waals surface area contributed by atoms with E-state index in [0.29, 0.717) is 5.75 Å². The second-order valence-electron chi connectivity index (χ2n) is 6.59. The molecule has 0 saturated carbocycles. The zero-order valence-electron chi connectivity index (χ0n) is 15.6. The van der Waals surface area contributed by atoms with Gasteiger partial charge in [-0.25, -0.2) is 5.43 Å². The molecule has 4 heteroatoms. The number of nitrogens with one attached hydrogen (secondary N) is 1. The minimum atomic E-state index is -0.298. The number of hydrogen-bond acceptors (Lipinski definition) is 3. The molecule has 0 aromatic heterocycles. The van der Waals surface area contributed by atoms with Crippen molar-refractivity contribution in [1.82, 2.24) is 5.43 Å². The predicted molar refractivity (Wildman–Crippen MR) is 114 cm³/mol. The summed E-state index contributed by atoms with van der Waals surface area (Å²) >= 11 is 0. The molecule has 0 atom stereocenters. The number of hydrogen-bond donors (Lipinski definition) is 1. The highest BCUT2D eigenvalue weighted by molar-refractivity contribution is 6.02. The Hall–Kier alpha value is -3.66. The molecule has 0 unspecified atom stereocenters. The van der Waals surface area contributed by atoms with Crippen LogP contribution in [0.5, 0.6) is 5.75 Å². The summed E-state index contributed by atoms with van der Waals surface area (Å²) in [5.74, 6) is 0.359. The van der Waals surface area contributed by atoms with Gasteiger partial charge in [0.2, 0.25) is 0 Å². The van der Waals surface area contributed by atoms with Crippen LogP contribution in [0.25, 0.3) is 21.5 Å². The summed E-state index contributed by atoms with van der Waals surface area (Å²) in [6.45, 7) is 1.78. The number of fused-ring (bicyclic) bond motifs is 2. The topological polar surface area (TPSA) is 50.7 Å². The highest BCUT2D eigenvalue weighted by Gasteiger charge is 2.04. The van der Waals surface area contributed by atoms with Crippen LogP contribution in [0.2, 0.25) is 0 Å². The Morgan fingerprint density at radius 3 is 2.14 bits per heavy atom. The number of benzene rings is 4. The van der Waals surface area contributed by atoms with Gasteiger partial charge in [0.1, 0.15) is 5.75 Å². The van der Waals surface area contributed by atoms with E-state index in [2.05, 4.69) is 28.7 Å². The first-order valence-corrected chi connectivity index (χ1v) is 9.13. The lowest BCUT2D eigenvalue weighted by atomic mass is 10.0. The van der Waals surface area contributed by atoms with Crippen LogP contribution in [-0.4, -0.2) is 18.2 Å². The average molecular weight is 368 g/mol. The molecule has 0 radical (unpaired) electrons. The molecule has 0 saturated heterocycles. The largest absolute Gasteiger partial charge is 0.484 e. The SMILES string of the molecule is C/C(=N\NC(=O)COc1ccc2ccccc2c1)c1ccc2ccccc2c1. The maximum Gasteiger partial charge on any atom is 0.277 e. The molecule has 4 aromatic rings. The van der Waals surface area contributed by atoms with Crippen LogP contribution in [0, 0.1) is 0 Å². The Balaban J connectivity index is 1.38. The Bertz CT molecular complexity index is 1180. The molecule has 0 aliphatic carbocycles. The zero-order chi connectivity index (χ0) is 19.3. The molecule has 0 aliphatic heterocycles. The number of rotatable bonds is 5. The highest BCUT2D eigenvalue weighted by atomic mass is 16.5. The lowest BCUT2D eigenvalue weighted by Crippen LogP contribution is -2.25. The monoisotopic (exact) mass is 368 g/mol. The fraction of sp³-hybridized carbons (Fsp3) is 0.0833. The Kier molecular flexibility index (Phi) is 5.02. The van der Waals surface area contributed by atoms with Crippen molar-refractivity contribution in [1.29, 1.82) is 0 Å². The Labute approximate surface area is 163 Å². The summed E-state index contributed by atoms with van der Waals surface area (Å²) in [6.07, 6.45) is 0. The van der Waals surface area contributed by atoms with Gasteiger partial charge < -0.3 is 4.74 Å². The van der Waals surface area contributed by atoms with Crippen molar-refractivity contribution in [2.75, 3.05) is 6.61 Å². The van der Waals surface area contributed by atoms with Crippen LogP contribution in [0.15, 0.2) is 90.0 Å². The fourth-order valence-corrected chi connectivity index (χ4v) is 3.06. The van der Waals surface area contributed by atoms with Crippen molar-refractivity contribution in [3.63, 3.8) is 0 Å². The highest BCUT2D eigenvalue weighted by Crippen LogP contribution is 2.20. The second kappa shape index (κ2) is 7.92. The van der Waals surface area contributed by atoms with E-state index in [1.165, 1.54) is 5.39 Å². The minimum absolute atomic E-state index is 0.0904. The quantitative estimate of drug-likeness (QED) is 0.402. The van der Waals surface area contributed by atoms with Crippen LogP contribution < -0.4 is 10.2 Å². The number of amides is 1. The lowest BCUT2D eigenvalue weighted by Gasteiger charge is -2.07. The minimum Gasteiger partial charge on any atom is -0.484 e. The van der Waals surface area contributed by atoms with Crippen LogP contribution in [-0.2, 0) is 4.79 Å². The molecule has 0 aliphatic rings. The molecule has 1 amide bonds. The summed E-state index contributed by atoms with van der Waals surface area (Å²) < 4.78 is 5.59. The summed E-state index contributed by atoms with van der Waals surface area (Å²) in [5.41, 5.74) is 4.27. The molecule has 0 heterocycles. The molecule has 0 fully saturated rings. The van der Waals surface area contributed by atoms with Gasteiger partial charge in [-0.2, -0.15) is 5.10 Å². The smallest absolute Gasteiger partial charge is 0.277 e. The van der Waals surface area contributed by atoms with E-state index in [1.54, 1.807) is 0 Å². The molecule has 1 N–H and O–H groups in total. The van der Waals surface area contributed by atoms with Gasteiger partial charge in [0.25, 0.3) is 5.91 Å². The fourth-order valence-electron chi connectivity index (χ4n) is 3.06. The predicted octanol–water partition coefficient (Wildman–Crippen LogP) is 4.91. The summed E-state index contributed by atoms with van der Waals surface area (Å²) in [4.78, 5) is 12.1. The molecular weight excluding hydrogens is 348 g/mol. The molecule has 4 aromatic carbocycles.